The first-order valence-corrected chi connectivity index (χ1v) is 11.3. The van der Waals surface area contributed by atoms with Gasteiger partial charge in [0, 0.05) is 11.3 Å². The SMILES string of the molecule is CCc1ccc(NC(=O)/C(C#N)=C\c2c(OCc3ccc(C)cc3)ccc3ccccc23)cc1. The summed E-state index contributed by atoms with van der Waals surface area (Å²) in [4.78, 5) is 12.9. The summed E-state index contributed by atoms with van der Waals surface area (Å²) in [5, 5.41) is 14.5. The van der Waals surface area contributed by atoms with Crippen molar-refractivity contribution in [3.05, 3.63) is 113 Å². The quantitative estimate of drug-likeness (QED) is 0.250. The minimum Gasteiger partial charge on any atom is -0.488 e. The molecule has 0 saturated carbocycles. The number of nitrogens with one attached hydrogen (secondary N) is 1. The molecule has 0 radical (unpaired) electrons. The van der Waals surface area contributed by atoms with E-state index in [0.717, 1.165) is 22.8 Å². The lowest BCUT2D eigenvalue weighted by Gasteiger charge is -2.13. The number of fused-ring (bicyclic) bond motifs is 1. The van der Waals surface area contributed by atoms with E-state index in [1.807, 2.05) is 91.9 Å². The number of nitrogens with zero attached hydrogens (tertiary/aromatic N) is 1. The fourth-order valence-corrected chi connectivity index (χ4v) is 3.71. The molecule has 4 rings (SSSR count). The highest BCUT2D eigenvalue weighted by Crippen LogP contribution is 2.31. The average molecular weight is 447 g/mol. The van der Waals surface area contributed by atoms with Crippen LogP contribution < -0.4 is 10.1 Å². The molecule has 0 aromatic heterocycles. The van der Waals surface area contributed by atoms with Gasteiger partial charge in [-0.25, -0.2) is 0 Å². The second-order valence-electron chi connectivity index (χ2n) is 8.15. The summed E-state index contributed by atoms with van der Waals surface area (Å²) < 4.78 is 6.15. The molecule has 0 aliphatic rings. The number of benzene rings is 4. The van der Waals surface area contributed by atoms with Crippen LogP contribution in [0.4, 0.5) is 5.69 Å². The molecule has 1 N–H and O–H groups in total. The van der Waals surface area contributed by atoms with Crippen LogP contribution in [-0.2, 0) is 17.8 Å². The van der Waals surface area contributed by atoms with Gasteiger partial charge >= 0.3 is 0 Å². The van der Waals surface area contributed by atoms with Crippen molar-refractivity contribution >= 4 is 28.4 Å². The lowest BCUT2D eigenvalue weighted by molar-refractivity contribution is -0.112. The van der Waals surface area contributed by atoms with Gasteiger partial charge in [0.05, 0.1) is 0 Å². The molecule has 0 atom stereocenters. The van der Waals surface area contributed by atoms with Gasteiger partial charge in [-0.05, 0) is 59.5 Å². The smallest absolute Gasteiger partial charge is 0.266 e. The van der Waals surface area contributed by atoms with E-state index in [4.69, 9.17) is 4.74 Å². The van der Waals surface area contributed by atoms with Crippen molar-refractivity contribution in [3.8, 4) is 11.8 Å². The maximum atomic E-state index is 12.9. The number of carbonyl (C=O) groups excluding carboxylic acids is 1. The Morgan fingerprint density at radius 2 is 1.65 bits per heavy atom. The molecule has 0 aliphatic carbocycles. The molecule has 0 spiro atoms. The Kier molecular flexibility index (Phi) is 7.05. The van der Waals surface area contributed by atoms with Crippen LogP contribution in [0.25, 0.3) is 16.8 Å². The summed E-state index contributed by atoms with van der Waals surface area (Å²) in [7, 11) is 0. The summed E-state index contributed by atoms with van der Waals surface area (Å²) in [5.41, 5.74) is 4.78. The van der Waals surface area contributed by atoms with Gasteiger partial charge < -0.3 is 10.1 Å². The van der Waals surface area contributed by atoms with E-state index >= 15 is 0 Å². The van der Waals surface area contributed by atoms with E-state index in [9.17, 15) is 10.1 Å². The Labute approximate surface area is 200 Å². The molecule has 4 heteroatoms. The van der Waals surface area contributed by atoms with E-state index in [1.165, 1.54) is 11.1 Å². The van der Waals surface area contributed by atoms with Gasteiger partial charge in [0.25, 0.3) is 5.91 Å². The van der Waals surface area contributed by atoms with E-state index in [0.29, 0.717) is 23.6 Å². The van der Waals surface area contributed by atoms with E-state index in [1.54, 1.807) is 6.08 Å². The minimum absolute atomic E-state index is 0.0103. The normalized spacial score (nSPS) is 11.1. The predicted octanol–water partition coefficient (Wildman–Crippen LogP) is 6.84. The van der Waals surface area contributed by atoms with E-state index in [-0.39, 0.29) is 5.57 Å². The van der Waals surface area contributed by atoms with Crippen molar-refractivity contribution in [2.45, 2.75) is 26.9 Å². The molecule has 168 valence electrons. The maximum absolute atomic E-state index is 12.9. The highest BCUT2D eigenvalue weighted by Gasteiger charge is 2.14. The van der Waals surface area contributed by atoms with Crippen LogP contribution >= 0.6 is 0 Å². The second kappa shape index (κ2) is 10.5. The van der Waals surface area contributed by atoms with Gasteiger partial charge in [-0.15, -0.1) is 0 Å². The van der Waals surface area contributed by atoms with Crippen molar-refractivity contribution < 1.29 is 9.53 Å². The lowest BCUT2D eigenvalue weighted by Crippen LogP contribution is -2.13. The topological polar surface area (TPSA) is 62.1 Å². The number of anilines is 1. The van der Waals surface area contributed by atoms with Crippen LogP contribution in [0.15, 0.2) is 90.5 Å². The number of ether oxygens (including phenoxy) is 1. The number of aryl methyl sites for hydroxylation is 2. The van der Waals surface area contributed by atoms with Crippen LogP contribution in [-0.4, -0.2) is 5.91 Å². The van der Waals surface area contributed by atoms with Gasteiger partial charge in [0.2, 0.25) is 0 Å². The fourth-order valence-electron chi connectivity index (χ4n) is 3.71. The Bertz CT molecular complexity index is 1380. The molecule has 0 saturated heterocycles. The van der Waals surface area contributed by atoms with E-state index in [2.05, 4.69) is 18.3 Å². The predicted molar refractivity (Wildman–Crippen MR) is 137 cm³/mol. The molecule has 4 aromatic rings. The molecule has 1 amide bonds. The van der Waals surface area contributed by atoms with Gasteiger partial charge in [-0.3, -0.25) is 4.79 Å². The Balaban J connectivity index is 1.66. The molecule has 0 heterocycles. The van der Waals surface area contributed by atoms with Crippen LogP contribution in [0.1, 0.15) is 29.2 Å². The summed E-state index contributed by atoms with van der Waals surface area (Å²) in [6.07, 6.45) is 2.53. The molecule has 0 aliphatic heterocycles. The zero-order chi connectivity index (χ0) is 23.9. The van der Waals surface area contributed by atoms with Crippen molar-refractivity contribution in [1.29, 1.82) is 5.26 Å². The van der Waals surface area contributed by atoms with Gasteiger partial charge in [-0.2, -0.15) is 5.26 Å². The number of rotatable bonds is 7. The van der Waals surface area contributed by atoms with Gasteiger partial charge in [-0.1, -0.05) is 79.2 Å². The van der Waals surface area contributed by atoms with E-state index < -0.39 is 5.91 Å². The summed E-state index contributed by atoms with van der Waals surface area (Å²) >= 11 is 0. The van der Waals surface area contributed by atoms with Crippen LogP contribution in [0, 0.1) is 18.3 Å². The first kappa shape index (κ1) is 22.8. The average Bonchev–Trinajstić information content (AvgIpc) is 2.87. The maximum Gasteiger partial charge on any atom is 0.266 e. The van der Waals surface area contributed by atoms with Crippen LogP contribution in [0.2, 0.25) is 0 Å². The second-order valence-corrected chi connectivity index (χ2v) is 8.15. The first-order chi connectivity index (χ1) is 16.6. The fraction of sp³-hybridized carbons (Fsp3) is 0.133. The Morgan fingerprint density at radius 1 is 0.941 bits per heavy atom. The third-order valence-electron chi connectivity index (χ3n) is 5.72. The molecule has 0 bridgehead atoms. The van der Waals surface area contributed by atoms with Crippen molar-refractivity contribution in [2.75, 3.05) is 5.32 Å². The lowest BCUT2D eigenvalue weighted by atomic mass is 10.0. The largest absolute Gasteiger partial charge is 0.488 e. The van der Waals surface area contributed by atoms with Crippen molar-refractivity contribution in [1.82, 2.24) is 0 Å². The molecule has 4 nitrogen and oxygen atoms in total. The van der Waals surface area contributed by atoms with Crippen molar-refractivity contribution in [3.63, 3.8) is 0 Å². The van der Waals surface area contributed by atoms with Gasteiger partial charge in [0.1, 0.15) is 24.0 Å². The Hall–Kier alpha value is -4.36. The summed E-state index contributed by atoms with van der Waals surface area (Å²) in [6, 6.07) is 29.6. The zero-order valence-corrected chi connectivity index (χ0v) is 19.3. The molecular weight excluding hydrogens is 420 g/mol. The molecule has 0 fully saturated rings. The highest BCUT2D eigenvalue weighted by atomic mass is 16.5. The molecular formula is C30H26N2O2. The van der Waals surface area contributed by atoms with Crippen LogP contribution in [0.3, 0.4) is 0 Å². The third-order valence-corrected chi connectivity index (χ3v) is 5.72. The molecule has 0 unspecified atom stereocenters. The summed E-state index contributed by atoms with van der Waals surface area (Å²) in [6.45, 7) is 4.51. The minimum atomic E-state index is -0.454. The number of carbonyl (C=O) groups is 1. The zero-order valence-electron chi connectivity index (χ0n) is 19.3. The third kappa shape index (κ3) is 5.33. The first-order valence-electron chi connectivity index (χ1n) is 11.3. The van der Waals surface area contributed by atoms with Crippen molar-refractivity contribution in [2.24, 2.45) is 0 Å². The number of hydrogen-bond donors (Lipinski definition) is 1. The van der Waals surface area contributed by atoms with Crippen LogP contribution in [0.5, 0.6) is 5.75 Å². The molecule has 4 aromatic carbocycles. The molecule has 34 heavy (non-hydrogen) atoms. The number of nitriles is 1. The monoisotopic (exact) mass is 446 g/mol. The number of hydrogen-bond acceptors (Lipinski definition) is 3. The summed E-state index contributed by atoms with van der Waals surface area (Å²) in [5.74, 6) is 0.163. The highest BCUT2D eigenvalue weighted by molar-refractivity contribution is 6.11. The standard InChI is InChI=1S/C30H26N2O2/c1-3-22-12-15-26(16-13-22)32-30(33)25(19-31)18-28-27-7-5-4-6-24(27)14-17-29(28)34-20-23-10-8-21(2)9-11-23/h4-18H,3,20H2,1-2H3,(H,32,33)/b25-18-. The number of amides is 1. The Morgan fingerprint density at radius 3 is 2.35 bits per heavy atom. The van der Waals surface area contributed by atoms with Gasteiger partial charge in [0.15, 0.2) is 0 Å².